The molecule has 3 rings (SSSR count). The summed E-state index contributed by atoms with van der Waals surface area (Å²) < 4.78 is 71.8. The molecule has 30 heavy (non-hydrogen) atoms. The number of carboxylic acids is 1. The van der Waals surface area contributed by atoms with Crippen molar-refractivity contribution in [3.05, 3.63) is 59.8 Å². The van der Waals surface area contributed by atoms with Crippen LogP contribution in [-0.2, 0) is 27.4 Å². The second-order valence-corrected chi connectivity index (χ2v) is 8.39. The van der Waals surface area contributed by atoms with E-state index < -0.39 is 27.7 Å². The van der Waals surface area contributed by atoms with Crippen molar-refractivity contribution in [3.63, 3.8) is 0 Å². The van der Waals surface area contributed by atoms with Crippen molar-refractivity contribution in [1.82, 2.24) is 3.97 Å². The zero-order valence-corrected chi connectivity index (χ0v) is 16.6. The molecule has 0 saturated carbocycles. The topological polar surface area (TPSA) is 85.6 Å². The van der Waals surface area contributed by atoms with Crippen LogP contribution in [0.25, 0.3) is 10.9 Å². The molecule has 0 bridgehead atoms. The molecule has 0 fully saturated rings. The lowest BCUT2D eigenvalue weighted by molar-refractivity contribution is -0.138. The number of nitrogens with zero attached hydrogens (tertiary/aromatic N) is 1. The van der Waals surface area contributed by atoms with Crippen LogP contribution in [0, 0.1) is 0 Å². The first-order valence-electron chi connectivity index (χ1n) is 8.87. The summed E-state index contributed by atoms with van der Waals surface area (Å²) in [5.41, 5.74) is -0.600. The smallest absolute Gasteiger partial charge is 0.416 e. The van der Waals surface area contributed by atoms with Crippen LogP contribution >= 0.6 is 0 Å². The Bertz CT molecular complexity index is 1180. The van der Waals surface area contributed by atoms with Crippen molar-refractivity contribution in [3.8, 4) is 5.75 Å². The fraction of sp³-hybridized carbons (Fsp3) is 0.250. The minimum atomic E-state index is -4.57. The van der Waals surface area contributed by atoms with E-state index in [2.05, 4.69) is 0 Å². The van der Waals surface area contributed by atoms with Gasteiger partial charge in [-0.2, -0.15) is 13.2 Å². The van der Waals surface area contributed by atoms with E-state index in [4.69, 9.17) is 9.84 Å². The zero-order chi connectivity index (χ0) is 22.1. The molecule has 1 N–H and O–H groups in total. The lowest BCUT2D eigenvalue weighted by Gasteiger charge is -2.13. The van der Waals surface area contributed by atoms with E-state index in [1.165, 1.54) is 37.4 Å². The van der Waals surface area contributed by atoms with Crippen LogP contribution in [-0.4, -0.2) is 30.6 Å². The average molecular weight is 441 g/mol. The highest BCUT2D eigenvalue weighted by Crippen LogP contribution is 2.34. The van der Waals surface area contributed by atoms with Crippen molar-refractivity contribution in [1.29, 1.82) is 0 Å². The normalized spacial score (nSPS) is 12.3. The van der Waals surface area contributed by atoms with Gasteiger partial charge in [0.2, 0.25) is 0 Å². The molecule has 0 aliphatic heterocycles. The molecule has 1 aromatic heterocycles. The molecule has 10 heteroatoms. The summed E-state index contributed by atoms with van der Waals surface area (Å²) in [6.45, 7) is 0. The largest absolute Gasteiger partial charge is 0.497 e. The highest BCUT2D eigenvalue weighted by Gasteiger charge is 2.31. The number of hydrogen-bond acceptors (Lipinski definition) is 4. The van der Waals surface area contributed by atoms with Crippen LogP contribution in [0.3, 0.4) is 0 Å². The highest BCUT2D eigenvalue weighted by molar-refractivity contribution is 7.90. The SMILES string of the molecule is COc1ccc(S(=O)(=O)n2c(CCCC(=O)O)cc3cc(C(F)(F)F)ccc32)cc1. The maximum absolute atomic E-state index is 13.3. The molecule has 0 radical (unpaired) electrons. The standard InChI is InChI=1S/C20H18F3NO5S/c1-29-16-6-8-17(9-7-16)30(27,28)24-15(3-2-4-19(25)26)12-13-11-14(20(21,22)23)5-10-18(13)24/h5-12H,2-4H2,1H3,(H,25,26). The number of hydrogen-bond donors (Lipinski definition) is 1. The second-order valence-electron chi connectivity index (χ2n) is 6.60. The number of alkyl halides is 3. The number of halogens is 3. The van der Waals surface area contributed by atoms with Gasteiger partial charge in [-0.25, -0.2) is 12.4 Å². The number of aryl methyl sites for hydroxylation is 1. The second kappa shape index (κ2) is 8.02. The molecule has 6 nitrogen and oxygen atoms in total. The van der Waals surface area contributed by atoms with E-state index in [1.807, 2.05) is 0 Å². The van der Waals surface area contributed by atoms with E-state index in [9.17, 15) is 26.4 Å². The molecule has 0 aliphatic carbocycles. The lowest BCUT2D eigenvalue weighted by atomic mass is 10.1. The van der Waals surface area contributed by atoms with Crippen LogP contribution in [0.2, 0.25) is 0 Å². The van der Waals surface area contributed by atoms with Crippen LogP contribution in [0.15, 0.2) is 53.4 Å². The fourth-order valence-corrected chi connectivity index (χ4v) is 4.72. The summed E-state index contributed by atoms with van der Waals surface area (Å²) in [6, 6.07) is 9.78. The third-order valence-electron chi connectivity index (χ3n) is 4.58. The van der Waals surface area contributed by atoms with E-state index in [0.717, 1.165) is 22.2 Å². The Morgan fingerprint density at radius 3 is 2.33 bits per heavy atom. The summed E-state index contributed by atoms with van der Waals surface area (Å²) in [5, 5.41) is 8.96. The van der Waals surface area contributed by atoms with Gasteiger partial charge in [0.25, 0.3) is 10.0 Å². The predicted octanol–water partition coefficient (Wildman–Crippen LogP) is 4.31. The Hall–Kier alpha value is -3.01. The molecule has 0 saturated heterocycles. The molecule has 0 atom stereocenters. The molecule has 160 valence electrons. The summed E-state index contributed by atoms with van der Waals surface area (Å²) in [5.74, 6) is -0.599. The third kappa shape index (κ3) is 4.28. The van der Waals surface area contributed by atoms with Gasteiger partial charge >= 0.3 is 12.1 Å². The van der Waals surface area contributed by atoms with Crippen LogP contribution < -0.4 is 4.74 Å². The zero-order valence-electron chi connectivity index (χ0n) is 15.8. The fourth-order valence-electron chi connectivity index (χ4n) is 3.16. The molecular weight excluding hydrogens is 423 g/mol. The van der Waals surface area contributed by atoms with Crippen molar-refractivity contribution in [2.75, 3.05) is 7.11 Å². The first-order valence-corrected chi connectivity index (χ1v) is 10.3. The lowest BCUT2D eigenvalue weighted by Crippen LogP contribution is -2.16. The Morgan fingerprint density at radius 1 is 1.10 bits per heavy atom. The Labute approximate surface area is 170 Å². The summed E-state index contributed by atoms with van der Waals surface area (Å²) in [6.07, 6.45) is -4.57. The predicted molar refractivity (Wildman–Crippen MR) is 103 cm³/mol. The van der Waals surface area contributed by atoms with Gasteiger partial charge in [-0.05, 0) is 61.4 Å². The van der Waals surface area contributed by atoms with Gasteiger partial charge in [0.1, 0.15) is 5.75 Å². The van der Waals surface area contributed by atoms with Crippen molar-refractivity contribution >= 4 is 26.9 Å². The maximum atomic E-state index is 13.3. The Morgan fingerprint density at radius 2 is 1.77 bits per heavy atom. The highest BCUT2D eigenvalue weighted by atomic mass is 32.2. The molecule has 1 heterocycles. The van der Waals surface area contributed by atoms with Gasteiger partial charge < -0.3 is 9.84 Å². The van der Waals surface area contributed by atoms with Gasteiger partial charge in [-0.3, -0.25) is 4.79 Å². The number of benzene rings is 2. The first-order chi connectivity index (χ1) is 14.0. The van der Waals surface area contributed by atoms with Crippen molar-refractivity contribution < 1.29 is 36.2 Å². The van der Waals surface area contributed by atoms with Crippen molar-refractivity contribution in [2.45, 2.75) is 30.3 Å². The van der Waals surface area contributed by atoms with Crippen LogP contribution in [0.1, 0.15) is 24.1 Å². The monoisotopic (exact) mass is 441 g/mol. The average Bonchev–Trinajstić information content (AvgIpc) is 3.05. The van der Waals surface area contributed by atoms with Gasteiger partial charge in [0.15, 0.2) is 0 Å². The Balaban J connectivity index is 2.16. The molecule has 0 unspecified atom stereocenters. The third-order valence-corrected chi connectivity index (χ3v) is 6.36. The van der Waals surface area contributed by atoms with Gasteiger partial charge in [-0.1, -0.05) is 0 Å². The molecule has 3 aromatic rings. The maximum Gasteiger partial charge on any atom is 0.416 e. The van der Waals surface area contributed by atoms with Crippen molar-refractivity contribution in [2.24, 2.45) is 0 Å². The minimum absolute atomic E-state index is 0.0672. The number of ether oxygens (including phenoxy) is 1. The van der Waals surface area contributed by atoms with Gasteiger partial charge in [0.05, 0.1) is 23.1 Å². The minimum Gasteiger partial charge on any atom is -0.497 e. The van der Waals surface area contributed by atoms with E-state index in [0.29, 0.717) is 5.75 Å². The number of fused-ring (bicyclic) bond motifs is 1. The number of aromatic nitrogens is 1. The van der Waals surface area contributed by atoms with E-state index in [1.54, 1.807) is 0 Å². The van der Waals surface area contributed by atoms with Gasteiger partial charge in [-0.15, -0.1) is 0 Å². The summed E-state index contributed by atoms with van der Waals surface area (Å²) in [4.78, 5) is 10.7. The molecule has 0 aliphatic rings. The number of carbonyl (C=O) groups is 1. The summed E-state index contributed by atoms with van der Waals surface area (Å²) in [7, 11) is -2.71. The molecule has 0 spiro atoms. The Kier molecular flexibility index (Phi) is 5.80. The molecular formula is C20H18F3NO5S. The van der Waals surface area contributed by atoms with Crippen LogP contribution in [0.4, 0.5) is 13.2 Å². The van der Waals surface area contributed by atoms with E-state index in [-0.39, 0.29) is 40.8 Å². The van der Waals surface area contributed by atoms with Gasteiger partial charge in [0, 0.05) is 17.5 Å². The quantitative estimate of drug-likeness (QED) is 0.591. The number of rotatable bonds is 7. The molecule has 2 aromatic carbocycles. The van der Waals surface area contributed by atoms with Crippen LogP contribution in [0.5, 0.6) is 5.75 Å². The first kappa shape index (κ1) is 21.7. The number of carboxylic acid groups (broad SMARTS) is 1. The number of aliphatic carboxylic acids is 1. The molecule has 0 amide bonds. The summed E-state index contributed by atoms with van der Waals surface area (Å²) >= 11 is 0. The number of methoxy groups -OCH3 is 1. The van der Waals surface area contributed by atoms with E-state index >= 15 is 0 Å².